The standard InChI is InChI=1S/C18H36N4O/c1-5-21-12-9-17(14-16(21)3)20(4)18(23)19-10-13-22-11-7-6-8-15(22)2/h15-17H,5-14H2,1-4H3,(H,19,23)/t15-,16+,17-/m0/s1. The smallest absolute Gasteiger partial charge is 0.317 e. The van der Waals surface area contributed by atoms with Gasteiger partial charge in [0.1, 0.15) is 0 Å². The van der Waals surface area contributed by atoms with Gasteiger partial charge in [-0.3, -0.25) is 4.90 Å². The van der Waals surface area contributed by atoms with Crippen molar-refractivity contribution in [3.05, 3.63) is 0 Å². The lowest BCUT2D eigenvalue weighted by Gasteiger charge is -2.40. The fraction of sp³-hybridized carbons (Fsp3) is 0.944. The van der Waals surface area contributed by atoms with Crippen molar-refractivity contribution in [3.8, 4) is 0 Å². The van der Waals surface area contributed by atoms with Crippen LogP contribution in [0.2, 0.25) is 0 Å². The van der Waals surface area contributed by atoms with Crippen molar-refractivity contribution in [2.45, 2.75) is 71.0 Å². The van der Waals surface area contributed by atoms with E-state index in [1.54, 1.807) is 0 Å². The first-order valence-corrected chi connectivity index (χ1v) is 9.51. The van der Waals surface area contributed by atoms with Gasteiger partial charge in [0, 0.05) is 44.8 Å². The lowest BCUT2D eigenvalue weighted by molar-refractivity contribution is 0.0995. The molecule has 0 aromatic heterocycles. The Morgan fingerprint density at radius 3 is 2.57 bits per heavy atom. The van der Waals surface area contributed by atoms with Crippen molar-refractivity contribution in [1.82, 2.24) is 20.0 Å². The molecule has 2 amide bonds. The number of likely N-dealkylation sites (tertiary alicyclic amines) is 2. The summed E-state index contributed by atoms with van der Waals surface area (Å²) in [7, 11) is 1.96. The van der Waals surface area contributed by atoms with Crippen molar-refractivity contribution in [3.63, 3.8) is 0 Å². The van der Waals surface area contributed by atoms with E-state index < -0.39 is 0 Å². The monoisotopic (exact) mass is 324 g/mol. The highest BCUT2D eigenvalue weighted by Gasteiger charge is 2.29. The van der Waals surface area contributed by atoms with Gasteiger partial charge in [-0.1, -0.05) is 13.3 Å². The van der Waals surface area contributed by atoms with Crippen molar-refractivity contribution in [2.75, 3.05) is 39.8 Å². The summed E-state index contributed by atoms with van der Waals surface area (Å²) in [4.78, 5) is 19.3. The average Bonchev–Trinajstić information content (AvgIpc) is 2.55. The number of amides is 2. The fourth-order valence-corrected chi connectivity index (χ4v) is 4.10. The van der Waals surface area contributed by atoms with Crippen LogP contribution in [0.15, 0.2) is 0 Å². The summed E-state index contributed by atoms with van der Waals surface area (Å²) in [6.45, 7) is 11.9. The second kappa shape index (κ2) is 8.88. The zero-order valence-electron chi connectivity index (χ0n) is 15.6. The van der Waals surface area contributed by atoms with Gasteiger partial charge in [-0.15, -0.1) is 0 Å². The van der Waals surface area contributed by atoms with E-state index in [9.17, 15) is 4.79 Å². The SMILES string of the molecule is CCN1CC[C@H](N(C)C(=O)NCCN2CCCC[C@@H]2C)C[C@H]1C. The van der Waals surface area contributed by atoms with Gasteiger partial charge in [-0.25, -0.2) is 4.79 Å². The molecular weight excluding hydrogens is 288 g/mol. The maximum absolute atomic E-state index is 12.4. The zero-order valence-corrected chi connectivity index (χ0v) is 15.6. The van der Waals surface area contributed by atoms with Gasteiger partial charge in [0.25, 0.3) is 0 Å². The normalized spacial score (nSPS) is 30.2. The van der Waals surface area contributed by atoms with E-state index in [4.69, 9.17) is 0 Å². The number of piperidine rings is 2. The van der Waals surface area contributed by atoms with Gasteiger partial charge >= 0.3 is 6.03 Å². The molecule has 0 bridgehead atoms. The second-order valence-electron chi connectivity index (χ2n) is 7.38. The minimum absolute atomic E-state index is 0.0943. The minimum Gasteiger partial charge on any atom is -0.337 e. The quantitative estimate of drug-likeness (QED) is 0.844. The maximum Gasteiger partial charge on any atom is 0.317 e. The molecule has 5 heteroatoms. The van der Waals surface area contributed by atoms with Crippen molar-refractivity contribution in [1.29, 1.82) is 0 Å². The number of nitrogens with zero attached hydrogens (tertiary/aromatic N) is 3. The van der Waals surface area contributed by atoms with Crippen LogP contribution in [-0.4, -0.2) is 78.6 Å². The molecule has 1 N–H and O–H groups in total. The molecular formula is C18H36N4O. The van der Waals surface area contributed by atoms with Gasteiger partial charge in [0.15, 0.2) is 0 Å². The summed E-state index contributed by atoms with van der Waals surface area (Å²) in [5.74, 6) is 0. The Labute approximate surface area is 142 Å². The minimum atomic E-state index is 0.0943. The molecule has 2 rings (SSSR count). The van der Waals surface area contributed by atoms with Crippen molar-refractivity contribution >= 4 is 6.03 Å². The number of carbonyl (C=O) groups is 1. The Balaban J connectivity index is 1.70. The molecule has 0 radical (unpaired) electrons. The van der Waals surface area contributed by atoms with E-state index in [0.29, 0.717) is 18.1 Å². The molecule has 3 atom stereocenters. The highest BCUT2D eigenvalue weighted by atomic mass is 16.2. The third-order valence-corrected chi connectivity index (χ3v) is 5.88. The summed E-state index contributed by atoms with van der Waals surface area (Å²) < 4.78 is 0. The molecule has 0 aliphatic carbocycles. The molecule has 2 aliphatic heterocycles. The molecule has 0 unspecified atom stereocenters. The molecule has 0 spiro atoms. The van der Waals surface area contributed by atoms with E-state index in [0.717, 1.165) is 39.0 Å². The summed E-state index contributed by atoms with van der Waals surface area (Å²) in [5.41, 5.74) is 0. The summed E-state index contributed by atoms with van der Waals surface area (Å²) in [6, 6.07) is 1.71. The Morgan fingerprint density at radius 2 is 1.91 bits per heavy atom. The topological polar surface area (TPSA) is 38.8 Å². The molecule has 0 saturated carbocycles. The van der Waals surface area contributed by atoms with E-state index in [1.165, 1.54) is 25.8 Å². The molecule has 0 aromatic rings. The highest BCUT2D eigenvalue weighted by molar-refractivity contribution is 5.74. The molecule has 2 heterocycles. The van der Waals surface area contributed by atoms with Gasteiger partial charge in [0.2, 0.25) is 0 Å². The predicted octanol–water partition coefficient (Wildman–Crippen LogP) is 2.38. The molecule has 23 heavy (non-hydrogen) atoms. The van der Waals surface area contributed by atoms with Crippen LogP contribution < -0.4 is 5.32 Å². The van der Waals surface area contributed by atoms with Gasteiger partial charge in [-0.2, -0.15) is 0 Å². The largest absolute Gasteiger partial charge is 0.337 e. The summed E-state index contributed by atoms with van der Waals surface area (Å²) in [6.07, 6.45) is 6.11. The Hall–Kier alpha value is -0.810. The number of urea groups is 1. The average molecular weight is 325 g/mol. The zero-order chi connectivity index (χ0) is 16.8. The first-order valence-electron chi connectivity index (χ1n) is 9.51. The third kappa shape index (κ3) is 5.08. The summed E-state index contributed by atoms with van der Waals surface area (Å²) in [5, 5.41) is 3.12. The van der Waals surface area contributed by atoms with Crippen molar-refractivity contribution < 1.29 is 4.79 Å². The summed E-state index contributed by atoms with van der Waals surface area (Å²) >= 11 is 0. The molecule has 0 aromatic carbocycles. The van der Waals surface area contributed by atoms with Crippen LogP contribution in [0.3, 0.4) is 0 Å². The number of carbonyl (C=O) groups excluding carboxylic acids is 1. The van der Waals surface area contributed by atoms with Crippen LogP contribution in [-0.2, 0) is 0 Å². The first kappa shape index (κ1) is 18.5. The second-order valence-corrected chi connectivity index (χ2v) is 7.38. The predicted molar refractivity (Wildman–Crippen MR) is 95.8 cm³/mol. The maximum atomic E-state index is 12.4. The number of hydrogen-bond acceptors (Lipinski definition) is 3. The molecule has 5 nitrogen and oxygen atoms in total. The number of hydrogen-bond donors (Lipinski definition) is 1. The van der Waals surface area contributed by atoms with Crippen LogP contribution >= 0.6 is 0 Å². The van der Waals surface area contributed by atoms with Crippen molar-refractivity contribution in [2.24, 2.45) is 0 Å². The Morgan fingerprint density at radius 1 is 1.13 bits per heavy atom. The van der Waals surface area contributed by atoms with E-state index >= 15 is 0 Å². The lowest BCUT2D eigenvalue weighted by Crippen LogP contribution is -2.52. The first-order chi connectivity index (χ1) is 11.0. The van der Waals surface area contributed by atoms with Crippen LogP contribution in [0.25, 0.3) is 0 Å². The molecule has 2 aliphatic rings. The third-order valence-electron chi connectivity index (χ3n) is 5.88. The van der Waals surface area contributed by atoms with Gasteiger partial charge in [0.05, 0.1) is 0 Å². The van der Waals surface area contributed by atoms with E-state index in [-0.39, 0.29) is 6.03 Å². The fourth-order valence-electron chi connectivity index (χ4n) is 4.10. The molecule has 134 valence electrons. The number of nitrogens with one attached hydrogen (secondary N) is 1. The molecule has 2 saturated heterocycles. The number of rotatable bonds is 5. The van der Waals surface area contributed by atoms with Crippen LogP contribution in [0, 0.1) is 0 Å². The van der Waals surface area contributed by atoms with Crippen LogP contribution in [0.4, 0.5) is 4.79 Å². The van der Waals surface area contributed by atoms with E-state index in [2.05, 4.69) is 35.9 Å². The Bertz CT molecular complexity index is 376. The lowest BCUT2D eigenvalue weighted by atomic mass is 9.97. The van der Waals surface area contributed by atoms with Gasteiger partial charge < -0.3 is 15.1 Å². The van der Waals surface area contributed by atoms with E-state index in [1.807, 2.05) is 11.9 Å². The highest BCUT2D eigenvalue weighted by Crippen LogP contribution is 2.20. The van der Waals surface area contributed by atoms with Gasteiger partial charge in [-0.05, 0) is 52.6 Å². The van der Waals surface area contributed by atoms with Crippen LogP contribution in [0.5, 0.6) is 0 Å². The van der Waals surface area contributed by atoms with Crippen LogP contribution in [0.1, 0.15) is 52.9 Å². The molecule has 2 fully saturated rings. The Kier molecular flexibility index (Phi) is 7.15.